The Morgan fingerprint density at radius 2 is 0.842 bits per heavy atom. The molecular formula is C48H92BrN2O6+. The fourth-order valence-electron chi connectivity index (χ4n) is 6.92. The van der Waals surface area contributed by atoms with Crippen molar-refractivity contribution in [2.75, 3.05) is 60.1 Å². The largest absolute Gasteiger partial charge is 0.464 e. The minimum atomic E-state index is -0.218. The molecule has 0 saturated heterocycles. The van der Waals surface area contributed by atoms with Crippen LogP contribution in [0.4, 0.5) is 0 Å². The maximum Gasteiger partial charge on any atom is 0.305 e. The minimum Gasteiger partial charge on any atom is -0.464 e. The molecule has 9 heteroatoms. The number of quaternary nitrogens is 1. The number of halogens is 1. The molecule has 0 aromatic heterocycles. The lowest BCUT2D eigenvalue weighted by atomic mass is 10.1. The highest BCUT2D eigenvalue weighted by atomic mass is 79.9. The number of aliphatic hydroxyl groups excluding tert-OH is 1. The van der Waals surface area contributed by atoms with Crippen LogP contribution in [-0.2, 0) is 23.9 Å². The molecule has 0 bridgehead atoms. The molecule has 0 radical (unpaired) electrons. The number of esters is 2. The van der Waals surface area contributed by atoms with Crippen LogP contribution in [0.25, 0.3) is 0 Å². The van der Waals surface area contributed by atoms with Crippen LogP contribution in [0.1, 0.15) is 206 Å². The second-order valence-corrected chi connectivity index (χ2v) is 16.7. The molecule has 0 aromatic rings. The van der Waals surface area contributed by atoms with E-state index in [0.717, 1.165) is 57.9 Å². The number of rotatable bonds is 42. The number of aliphatic hydroxyl groups is 1. The van der Waals surface area contributed by atoms with Crippen molar-refractivity contribution in [3.8, 4) is 0 Å². The molecule has 0 spiro atoms. The summed E-state index contributed by atoms with van der Waals surface area (Å²) in [6, 6.07) is 0. The number of unbranched alkanes of at least 4 members (excludes halogenated alkanes) is 22. The van der Waals surface area contributed by atoms with Crippen LogP contribution in [0.15, 0.2) is 24.3 Å². The first-order valence-electron chi connectivity index (χ1n) is 23.6. The molecule has 0 atom stereocenters. The fourth-order valence-corrected chi connectivity index (χ4v) is 6.92. The van der Waals surface area contributed by atoms with E-state index < -0.39 is 0 Å². The summed E-state index contributed by atoms with van der Waals surface area (Å²) in [6.07, 6.45) is 42.8. The van der Waals surface area contributed by atoms with Crippen LogP contribution in [0.3, 0.4) is 0 Å². The molecule has 57 heavy (non-hydrogen) atoms. The lowest BCUT2D eigenvalue weighted by molar-refractivity contribution is -0.890. The Bertz CT molecular complexity index is 915. The van der Waals surface area contributed by atoms with Crippen molar-refractivity contribution in [3.63, 3.8) is 0 Å². The number of nitrogens with zero attached hydrogens (tertiary/aromatic N) is 2. The highest BCUT2D eigenvalue weighted by molar-refractivity contribution is 8.93. The molecule has 8 nitrogen and oxygen atoms in total. The summed E-state index contributed by atoms with van der Waals surface area (Å²) in [5.74, 6) is -0.468. The van der Waals surface area contributed by atoms with Gasteiger partial charge in [-0.05, 0) is 64.2 Å². The molecule has 0 aliphatic rings. The Morgan fingerprint density at radius 1 is 0.491 bits per heavy atom. The quantitative estimate of drug-likeness (QED) is 0.0284. The summed E-state index contributed by atoms with van der Waals surface area (Å²) >= 11 is 0. The first-order valence-corrected chi connectivity index (χ1v) is 23.6. The second-order valence-electron chi connectivity index (χ2n) is 16.7. The molecule has 0 unspecified atom stereocenters. The Kier molecular flexibility index (Phi) is 44.2. The van der Waals surface area contributed by atoms with Gasteiger partial charge in [-0.15, -0.1) is 17.0 Å². The van der Waals surface area contributed by atoms with E-state index in [4.69, 9.17) is 9.47 Å². The monoisotopic (exact) mass is 872 g/mol. The van der Waals surface area contributed by atoms with Gasteiger partial charge in [-0.3, -0.25) is 14.4 Å². The van der Waals surface area contributed by atoms with Gasteiger partial charge in [-0.25, -0.2) is 0 Å². The number of carbonyl (C=O) groups excluding carboxylic acids is 3. The van der Waals surface area contributed by atoms with E-state index in [2.05, 4.69) is 38.2 Å². The highest BCUT2D eigenvalue weighted by Crippen LogP contribution is 2.13. The summed E-state index contributed by atoms with van der Waals surface area (Å²) in [7, 11) is 4.09. The van der Waals surface area contributed by atoms with Crippen LogP contribution in [0.2, 0.25) is 0 Å². The van der Waals surface area contributed by atoms with Gasteiger partial charge in [0.25, 0.3) is 0 Å². The van der Waals surface area contributed by atoms with E-state index in [0.29, 0.717) is 36.7 Å². The molecule has 0 rings (SSSR count). The van der Waals surface area contributed by atoms with Gasteiger partial charge in [0.05, 0.1) is 40.3 Å². The molecule has 0 fully saturated rings. The lowest BCUT2D eigenvalue weighted by Gasteiger charge is -2.29. The number of carbonyl (C=O) groups is 3. The third kappa shape index (κ3) is 42.2. The van der Waals surface area contributed by atoms with Crippen LogP contribution >= 0.6 is 17.0 Å². The van der Waals surface area contributed by atoms with Crippen LogP contribution in [-0.4, -0.2) is 92.4 Å². The number of likely N-dealkylation sites (N-methyl/N-ethyl adjacent to an activating group) is 1. The van der Waals surface area contributed by atoms with Crippen molar-refractivity contribution >= 4 is 34.8 Å². The van der Waals surface area contributed by atoms with Gasteiger partial charge in [0.15, 0.2) is 0 Å². The van der Waals surface area contributed by atoms with Crippen LogP contribution in [0, 0.1) is 0 Å². The van der Waals surface area contributed by atoms with Gasteiger partial charge < -0.3 is 24.0 Å². The maximum absolute atomic E-state index is 13.2. The molecule has 0 aliphatic heterocycles. The maximum atomic E-state index is 13.2. The van der Waals surface area contributed by atoms with Gasteiger partial charge in [-0.2, -0.15) is 0 Å². The van der Waals surface area contributed by atoms with E-state index in [1.54, 1.807) is 4.90 Å². The molecule has 0 heterocycles. The Hall–Kier alpha value is -1.71. The summed E-state index contributed by atoms with van der Waals surface area (Å²) in [5.41, 5.74) is 0. The van der Waals surface area contributed by atoms with Crippen molar-refractivity contribution < 1.29 is 33.4 Å². The highest BCUT2D eigenvalue weighted by Gasteiger charge is 2.19. The summed E-state index contributed by atoms with van der Waals surface area (Å²) in [5, 5.41) is 9.33. The fraction of sp³-hybridized carbons (Fsp3) is 0.854. The normalized spacial score (nSPS) is 11.7. The third-order valence-electron chi connectivity index (χ3n) is 10.7. The van der Waals surface area contributed by atoms with Gasteiger partial charge in [0, 0.05) is 25.7 Å². The van der Waals surface area contributed by atoms with Crippen LogP contribution < -0.4 is 0 Å². The smallest absolute Gasteiger partial charge is 0.305 e. The van der Waals surface area contributed by atoms with Gasteiger partial charge in [-0.1, -0.05) is 141 Å². The van der Waals surface area contributed by atoms with Crippen molar-refractivity contribution in [2.45, 2.75) is 206 Å². The van der Waals surface area contributed by atoms with Gasteiger partial charge >= 0.3 is 11.9 Å². The molecule has 1 amide bonds. The van der Waals surface area contributed by atoms with Crippen molar-refractivity contribution in [1.29, 1.82) is 0 Å². The molecule has 336 valence electrons. The standard InChI is InChI=1S/C48H91N2O6.BrH/c1-5-7-9-11-13-15-17-19-21-23-25-27-29-31-33-37-47(53)55-44-39-49(46(52)36-35-41-50(3,4)42-43-51)40-45-56-48(54)38-34-32-30-28-26-24-22-20-18-16-14-12-10-8-6-2;/h19-22,51H,5-18,23-45H2,1-4H3;1H/q+1;/b21-19-,22-20-;. The van der Waals surface area contributed by atoms with Crippen LogP contribution in [0.5, 0.6) is 0 Å². The van der Waals surface area contributed by atoms with E-state index in [9.17, 15) is 19.5 Å². The predicted octanol–water partition coefficient (Wildman–Crippen LogP) is 12.4. The number of allylic oxidation sites excluding steroid dienone is 4. The average Bonchev–Trinajstić information content (AvgIpc) is 3.17. The molecule has 0 saturated carbocycles. The zero-order valence-electron chi connectivity index (χ0n) is 37.8. The lowest BCUT2D eigenvalue weighted by Crippen LogP contribution is -2.43. The first-order chi connectivity index (χ1) is 27.3. The predicted molar refractivity (Wildman–Crippen MR) is 246 cm³/mol. The Balaban J connectivity index is 0. The van der Waals surface area contributed by atoms with Gasteiger partial charge in [0.1, 0.15) is 19.8 Å². The number of ether oxygens (including phenoxy) is 2. The topological polar surface area (TPSA) is 93.1 Å². The van der Waals surface area contributed by atoms with E-state index in [1.807, 2.05) is 14.1 Å². The van der Waals surface area contributed by atoms with E-state index in [-0.39, 0.29) is 67.7 Å². The van der Waals surface area contributed by atoms with Crippen molar-refractivity contribution in [3.05, 3.63) is 24.3 Å². The summed E-state index contributed by atoms with van der Waals surface area (Å²) in [4.78, 5) is 39.7. The number of hydrogen-bond donors (Lipinski definition) is 1. The first kappa shape index (κ1) is 57.4. The Morgan fingerprint density at radius 3 is 1.21 bits per heavy atom. The van der Waals surface area contributed by atoms with Crippen molar-refractivity contribution in [2.24, 2.45) is 0 Å². The molecular weight excluding hydrogens is 780 g/mol. The molecule has 1 N–H and O–H groups in total. The number of amides is 1. The summed E-state index contributed by atoms with van der Waals surface area (Å²) in [6.45, 7) is 6.90. The molecule has 0 aromatic carbocycles. The molecule has 0 aliphatic carbocycles. The average molecular weight is 873 g/mol. The Labute approximate surface area is 362 Å². The zero-order chi connectivity index (χ0) is 41.2. The third-order valence-corrected chi connectivity index (χ3v) is 10.7. The zero-order valence-corrected chi connectivity index (χ0v) is 39.5. The summed E-state index contributed by atoms with van der Waals surface area (Å²) < 4.78 is 11.7. The van der Waals surface area contributed by atoms with Crippen molar-refractivity contribution in [1.82, 2.24) is 4.90 Å². The van der Waals surface area contributed by atoms with Gasteiger partial charge in [0.2, 0.25) is 5.91 Å². The number of hydrogen-bond acceptors (Lipinski definition) is 6. The second kappa shape index (κ2) is 43.9. The van der Waals surface area contributed by atoms with E-state index >= 15 is 0 Å². The SMILES string of the molecule is Br.CCCCCCCC/C=C\CCCCCCCC(=O)OCCN(CCOC(=O)CCCCCCC/C=C\CCCCCCCC)C(=O)CCC[N+](C)(C)CCO. The minimum absolute atomic E-state index is 0. The van der Waals surface area contributed by atoms with E-state index in [1.165, 1.54) is 116 Å².